The summed E-state index contributed by atoms with van der Waals surface area (Å²) in [5.41, 5.74) is 5.98. The van der Waals surface area contributed by atoms with Gasteiger partial charge in [0, 0.05) is 5.69 Å². The Morgan fingerprint density at radius 2 is 1.41 bits per heavy atom. The third kappa shape index (κ3) is 7.33. The summed E-state index contributed by atoms with van der Waals surface area (Å²) in [6.07, 6.45) is 1.56. The van der Waals surface area contributed by atoms with E-state index in [0.717, 1.165) is 16.7 Å². The Kier molecular flexibility index (Phi) is 8.36. The Hall–Kier alpha value is -4.82. The van der Waals surface area contributed by atoms with Crippen LogP contribution in [-0.2, 0) is 18.0 Å². The number of hydrogen-bond donors (Lipinski definition) is 1. The number of nitriles is 1. The van der Waals surface area contributed by atoms with E-state index in [1.54, 1.807) is 30.3 Å². The first-order chi connectivity index (χ1) is 18.0. The van der Waals surface area contributed by atoms with Gasteiger partial charge in [0.05, 0.1) is 0 Å². The largest absolute Gasteiger partial charge is 0.489 e. The number of amides is 1. The standard InChI is InChI=1S/C32H28N2O3/c1-23-8-9-27(18-24(23)2)22-37-30-14-10-25(11-15-30)19-28(20-33)32(35)34-29-12-16-31(17-13-29)36-21-26-6-4-3-5-7-26/h3-19H,21-22H2,1-2H3,(H,34,35)/b28-19+. The second-order valence-electron chi connectivity index (χ2n) is 8.70. The Bertz CT molecular complexity index is 1420. The molecule has 0 spiro atoms. The molecule has 37 heavy (non-hydrogen) atoms. The fraction of sp³-hybridized carbons (Fsp3) is 0.125. The highest BCUT2D eigenvalue weighted by Crippen LogP contribution is 2.20. The van der Waals surface area contributed by atoms with E-state index in [2.05, 4.69) is 37.4 Å². The van der Waals surface area contributed by atoms with E-state index in [4.69, 9.17) is 9.47 Å². The van der Waals surface area contributed by atoms with Crippen LogP contribution in [-0.4, -0.2) is 5.91 Å². The molecule has 0 aliphatic heterocycles. The van der Waals surface area contributed by atoms with Gasteiger partial charge in [-0.3, -0.25) is 4.79 Å². The number of aryl methyl sites for hydroxylation is 2. The van der Waals surface area contributed by atoms with Crippen LogP contribution in [0.4, 0.5) is 5.69 Å². The lowest BCUT2D eigenvalue weighted by molar-refractivity contribution is -0.112. The van der Waals surface area contributed by atoms with Crippen molar-refractivity contribution in [2.24, 2.45) is 0 Å². The number of nitrogens with zero attached hydrogens (tertiary/aromatic N) is 1. The van der Waals surface area contributed by atoms with Gasteiger partial charge in [-0.15, -0.1) is 0 Å². The van der Waals surface area contributed by atoms with Crippen molar-refractivity contribution >= 4 is 17.7 Å². The maximum atomic E-state index is 12.7. The maximum Gasteiger partial charge on any atom is 0.266 e. The van der Waals surface area contributed by atoms with Crippen molar-refractivity contribution in [1.29, 1.82) is 5.26 Å². The van der Waals surface area contributed by atoms with Gasteiger partial charge in [-0.05, 0) is 84.1 Å². The summed E-state index contributed by atoms with van der Waals surface area (Å²) in [5, 5.41) is 12.3. The van der Waals surface area contributed by atoms with Crippen molar-refractivity contribution in [2.75, 3.05) is 5.32 Å². The van der Waals surface area contributed by atoms with Crippen LogP contribution in [0.5, 0.6) is 11.5 Å². The molecule has 5 nitrogen and oxygen atoms in total. The highest BCUT2D eigenvalue weighted by Gasteiger charge is 2.10. The molecule has 1 amide bonds. The molecular weight excluding hydrogens is 460 g/mol. The van der Waals surface area contributed by atoms with Crippen molar-refractivity contribution in [3.05, 3.63) is 130 Å². The molecule has 0 heterocycles. The summed E-state index contributed by atoms with van der Waals surface area (Å²) in [7, 11) is 0. The van der Waals surface area contributed by atoms with Gasteiger partial charge in [-0.25, -0.2) is 0 Å². The molecule has 1 N–H and O–H groups in total. The highest BCUT2D eigenvalue weighted by molar-refractivity contribution is 6.09. The number of carbonyl (C=O) groups is 1. The Labute approximate surface area is 217 Å². The fourth-order valence-corrected chi connectivity index (χ4v) is 3.61. The predicted octanol–water partition coefficient (Wildman–Crippen LogP) is 7.01. The summed E-state index contributed by atoms with van der Waals surface area (Å²) in [4.78, 5) is 12.7. The number of ether oxygens (including phenoxy) is 2. The summed E-state index contributed by atoms with van der Waals surface area (Å²) >= 11 is 0. The van der Waals surface area contributed by atoms with Crippen LogP contribution < -0.4 is 14.8 Å². The maximum absolute atomic E-state index is 12.7. The number of benzene rings is 4. The summed E-state index contributed by atoms with van der Waals surface area (Å²) in [6.45, 7) is 5.10. The second-order valence-corrected chi connectivity index (χ2v) is 8.70. The normalized spacial score (nSPS) is 10.9. The van der Waals surface area contributed by atoms with Crippen molar-refractivity contribution in [3.63, 3.8) is 0 Å². The molecule has 4 rings (SSSR count). The van der Waals surface area contributed by atoms with Crippen molar-refractivity contribution in [1.82, 2.24) is 0 Å². The monoisotopic (exact) mass is 488 g/mol. The molecule has 0 aromatic heterocycles. The van der Waals surface area contributed by atoms with E-state index in [0.29, 0.717) is 30.4 Å². The van der Waals surface area contributed by atoms with Gasteiger partial charge >= 0.3 is 0 Å². The van der Waals surface area contributed by atoms with E-state index in [9.17, 15) is 10.1 Å². The van der Waals surface area contributed by atoms with Gasteiger partial charge in [0.25, 0.3) is 5.91 Å². The minimum atomic E-state index is -0.476. The molecular formula is C32H28N2O3. The molecule has 0 radical (unpaired) electrons. The molecule has 0 aliphatic rings. The van der Waals surface area contributed by atoms with Crippen LogP contribution in [0.15, 0.2) is 103 Å². The first-order valence-corrected chi connectivity index (χ1v) is 12.0. The highest BCUT2D eigenvalue weighted by atomic mass is 16.5. The van der Waals surface area contributed by atoms with Gasteiger partial charge in [0.15, 0.2) is 0 Å². The van der Waals surface area contributed by atoms with Crippen LogP contribution in [0.25, 0.3) is 6.08 Å². The molecule has 0 unspecified atom stereocenters. The molecule has 0 saturated heterocycles. The van der Waals surface area contributed by atoms with E-state index in [1.165, 1.54) is 11.1 Å². The first kappa shape index (κ1) is 25.3. The van der Waals surface area contributed by atoms with Gasteiger partial charge in [-0.2, -0.15) is 5.26 Å². The van der Waals surface area contributed by atoms with Gasteiger partial charge in [0.2, 0.25) is 0 Å². The zero-order chi connectivity index (χ0) is 26.0. The number of anilines is 1. The molecule has 0 saturated carbocycles. The smallest absolute Gasteiger partial charge is 0.266 e. The second kappa shape index (κ2) is 12.2. The van der Waals surface area contributed by atoms with Crippen LogP contribution >= 0.6 is 0 Å². The zero-order valence-corrected chi connectivity index (χ0v) is 20.9. The van der Waals surface area contributed by atoms with Gasteiger partial charge in [-0.1, -0.05) is 60.7 Å². The quantitative estimate of drug-likeness (QED) is 0.203. The Balaban J connectivity index is 1.32. The van der Waals surface area contributed by atoms with Crippen molar-refractivity contribution < 1.29 is 14.3 Å². The minimum Gasteiger partial charge on any atom is -0.489 e. The van der Waals surface area contributed by atoms with Crippen molar-refractivity contribution in [3.8, 4) is 17.6 Å². The third-order valence-electron chi connectivity index (χ3n) is 5.89. The van der Waals surface area contributed by atoms with Crippen LogP contribution in [0.3, 0.4) is 0 Å². The molecule has 0 aliphatic carbocycles. The third-order valence-corrected chi connectivity index (χ3v) is 5.89. The number of hydrogen-bond acceptors (Lipinski definition) is 4. The number of carbonyl (C=O) groups excluding carboxylic acids is 1. The summed E-state index contributed by atoms with van der Waals surface area (Å²) in [5.74, 6) is 0.932. The van der Waals surface area contributed by atoms with E-state index in [-0.39, 0.29) is 5.57 Å². The topological polar surface area (TPSA) is 71.3 Å². The van der Waals surface area contributed by atoms with Crippen LogP contribution in [0.2, 0.25) is 0 Å². The van der Waals surface area contributed by atoms with Crippen LogP contribution in [0, 0.1) is 25.2 Å². The first-order valence-electron chi connectivity index (χ1n) is 12.0. The van der Waals surface area contributed by atoms with Crippen LogP contribution in [0.1, 0.15) is 27.8 Å². The summed E-state index contributed by atoms with van der Waals surface area (Å²) < 4.78 is 11.7. The number of rotatable bonds is 9. The average molecular weight is 489 g/mol. The molecule has 0 atom stereocenters. The molecule has 184 valence electrons. The lowest BCUT2D eigenvalue weighted by Gasteiger charge is -2.09. The molecule has 0 fully saturated rings. The van der Waals surface area contributed by atoms with E-state index >= 15 is 0 Å². The lowest BCUT2D eigenvalue weighted by Crippen LogP contribution is -2.13. The molecule has 0 bridgehead atoms. The fourth-order valence-electron chi connectivity index (χ4n) is 3.61. The number of nitrogens with one attached hydrogen (secondary N) is 1. The minimum absolute atomic E-state index is 0.00760. The lowest BCUT2D eigenvalue weighted by atomic mass is 10.1. The predicted molar refractivity (Wildman–Crippen MR) is 146 cm³/mol. The van der Waals surface area contributed by atoms with E-state index in [1.807, 2.05) is 60.7 Å². The Morgan fingerprint density at radius 1 is 0.784 bits per heavy atom. The van der Waals surface area contributed by atoms with Gasteiger partial charge in [0.1, 0.15) is 36.4 Å². The molecule has 4 aromatic carbocycles. The van der Waals surface area contributed by atoms with E-state index < -0.39 is 5.91 Å². The molecule has 4 aromatic rings. The summed E-state index contributed by atoms with van der Waals surface area (Å²) in [6, 6.07) is 32.5. The Morgan fingerprint density at radius 3 is 2.03 bits per heavy atom. The van der Waals surface area contributed by atoms with Crippen molar-refractivity contribution in [2.45, 2.75) is 27.1 Å². The van der Waals surface area contributed by atoms with Gasteiger partial charge < -0.3 is 14.8 Å². The zero-order valence-electron chi connectivity index (χ0n) is 20.9. The average Bonchev–Trinajstić information content (AvgIpc) is 2.93. The SMILES string of the molecule is Cc1ccc(COc2ccc(/C=C(\C#N)C(=O)Nc3ccc(OCc4ccccc4)cc3)cc2)cc1C. The molecule has 5 heteroatoms.